The van der Waals surface area contributed by atoms with Crippen molar-refractivity contribution in [3.63, 3.8) is 0 Å². The van der Waals surface area contributed by atoms with E-state index in [9.17, 15) is 0 Å². The standard InChI is InChI=1S/C11H25N3/c1-3-5-6-8-14-9-7-13-10-11(14,12)4-2/h13H,3-10,12H2,1-2H3. The summed E-state index contributed by atoms with van der Waals surface area (Å²) < 4.78 is 0. The SMILES string of the molecule is CCCCCN1CCNCC1(N)CC. The van der Waals surface area contributed by atoms with E-state index in [1.807, 2.05) is 0 Å². The maximum absolute atomic E-state index is 6.35. The first-order valence-corrected chi connectivity index (χ1v) is 5.97. The molecule has 14 heavy (non-hydrogen) atoms. The molecule has 1 atom stereocenters. The molecule has 1 aliphatic rings. The maximum atomic E-state index is 6.35. The summed E-state index contributed by atoms with van der Waals surface area (Å²) in [5.41, 5.74) is 6.26. The van der Waals surface area contributed by atoms with Crippen molar-refractivity contribution in [2.24, 2.45) is 5.73 Å². The third kappa shape index (κ3) is 2.94. The lowest BCUT2D eigenvalue weighted by atomic mass is 10.0. The van der Waals surface area contributed by atoms with E-state index in [2.05, 4.69) is 24.1 Å². The van der Waals surface area contributed by atoms with Gasteiger partial charge in [-0.25, -0.2) is 0 Å². The van der Waals surface area contributed by atoms with Gasteiger partial charge in [-0.2, -0.15) is 0 Å². The van der Waals surface area contributed by atoms with Crippen LogP contribution in [-0.4, -0.2) is 36.7 Å². The summed E-state index contributed by atoms with van der Waals surface area (Å²) in [5.74, 6) is 0. The lowest BCUT2D eigenvalue weighted by Gasteiger charge is -2.44. The van der Waals surface area contributed by atoms with Crippen molar-refractivity contribution in [3.8, 4) is 0 Å². The van der Waals surface area contributed by atoms with Gasteiger partial charge in [0.2, 0.25) is 0 Å². The average Bonchev–Trinajstić information content (AvgIpc) is 2.21. The number of hydrogen-bond acceptors (Lipinski definition) is 3. The monoisotopic (exact) mass is 199 g/mol. The first-order chi connectivity index (χ1) is 6.73. The van der Waals surface area contributed by atoms with Crippen molar-refractivity contribution in [2.45, 2.75) is 45.2 Å². The van der Waals surface area contributed by atoms with Crippen LogP contribution in [0.4, 0.5) is 0 Å². The second-order valence-corrected chi connectivity index (χ2v) is 4.33. The summed E-state index contributed by atoms with van der Waals surface area (Å²) in [6.45, 7) is 8.72. The Kier molecular flexibility index (Phi) is 4.85. The zero-order valence-electron chi connectivity index (χ0n) is 9.68. The van der Waals surface area contributed by atoms with Gasteiger partial charge in [0.1, 0.15) is 0 Å². The van der Waals surface area contributed by atoms with E-state index in [1.165, 1.54) is 25.8 Å². The molecule has 3 heteroatoms. The zero-order valence-corrected chi connectivity index (χ0v) is 9.68. The molecule has 0 aliphatic carbocycles. The molecule has 1 aliphatic heterocycles. The second-order valence-electron chi connectivity index (χ2n) is 4.33. The van der Waals surface area contributed by atoms with E-state index in [0.717, 1.165) is 26.1 Å². The third-order valence-corrected chi connectivity index (χ3v) is 3.26. The van der Waals surface area contributed by atoms with Crippen LogP contribution in [-0.2, 0) is 0 Å². The van der Waals surface area contributed by atoms with Crippen LogP contribution in [0.25, 0.3) is 0 Å². The first-order valence-electron chi connectivity index (χ1n) is 5.97. The average molecular weight is 199 g/mol. The molecule has 0 aromatic rings. The highest BCUT2D eigenvalue weighted by molar-refractivity contribution is 4.89. The van der Waals surface area contributed by atoms with Gasteiger partial charge in [0.05, 0.1) is 5.66 Å². The molecule has 1 saturated heterocycles. The van der Waals surface area contributed by atoms with Crippen LogP contribution in [0.3, 0.4) is 0 Å². The predicted molar refractivity (Wildman–Crippen MR) is 61.2 cm³/mol. The lowest BCUT2D eigenvalue weighted by molar-refractivity contribution is 0.0593. The fourth-order valence-corrected chi connectivity index (χ4v) is 2.09. The Bertz CT molecular complexity index is 161. The minimum absolute atomic E-state index is 0.0913. The van der Waals surface area contributed by atoms with Crippen LogP contribution in [0.15, 0.2) is 0 Å². The maximum Gasteiger partial charge on any atom is 0.0813 e. The Morgan fingerprint density at radius 1 is 1.36 bits per heavy atom. The molecule has 1 rings (SSSR count). The van der Waals surface area contributed by atoms with Gasteiger partial charge in [0, 0.05) is 19.6 Å². The van der Waals surface area contributed by atoms with Gasteiger partial charge in [0.15, 0.2) is 0 Å². The smallest absolute Gasteiger partial charge is 0.0813 e. The molecule has 1 heterocycles. The molecule has 0 aromatic carbocycles. The Hall–Kier alpha value is -0.120. The van der Waals surface area contributed by atoms with Crippen LogP contribution in [0, 0.1) is 0 Å². The van der Waals surface area contributed by atoms with Crippen molar-refractivity contribution in [2.75, 3.05) is 26.2 Å². The quantitative estimate of drug-likeness (QED) is 0.653. The first kappa shape index (κ1) is 12.0. The molecule has 1 fully saturated rings. The molecule has 0 amide bonds. The summed E-state index contributed by atoms with van der Waals surface area (Å²) in [4.78, 5) is 2.46. The van der Waals surface area contributed by atoms with E-state index in [1.54, 1.807) is 0 Å². The number of nitrogens with zero attached hydrogens (tertiary/aromatic N) is 1. The summed E-state index contributed by atoms with van der Waals surface area (Å²) in [5, 5.41) is 3.38. The van der Waals surface area contributed by atoms with Crippen LogP contribution in [0.5, 0.6) is 0 Å². The number of nitrogens with one attached hydrogen (secondary N) is 1. The lowest BCUT2D eigenvalue weighted by Crippen LogP contribution is -2.66. The molecule has 84 valence electrons. The predicted octanol–water partition coefficient (Wildman–Crippen LogP) is 1.15. The second kappa shape index (κ2) is 5.69. The number of rotatable bonds is 5. The van der Waals surface area contributed by atoms with Crippen molar-refractivity contribution in [1.82, 2.24) is 10.2 Å². The molecule has 0 spiro atoms. The van der Waals surface area contributed by atoms with Gasteiger partial charge in [-0.05, 0) is 19.4 Å². The minimum Gasteiger partial charge on any atom is -0.312 e. The molecular formula is C11H25N3. The fraction of sp³-hybridized carbons (Fsp3) is 1.00. The van der Waals surface area contributed by atoms with Gasteiger partial charge in [-0.1, -0.05) is 26.7 Å². The molecule has 0 saturated carbocycles. The Morgan fingerprint density at radius 2 is 2.14 bits per heavy atom. The van der Waals surface area contributed by atoms with Gasteiger partial charge in [0.25, 0.3) is 0 Å². The summed E-state index contributed by atoms with van der Waals surface area (Å²) in [6, 6.07) is 0. The molecule has 1 unspecified atom stereocenters. The van der Waals surface area contributed by atoms with E-state index in [-0.39, 0.29) is 5.66 Å². The fourth-order valence-electron chi connectivity index (χ4n) is 2.09. The van der Waals surface area contributed by atoms with E-state index in [0.29, 0.717) is 0 Å². The molecule has 0 radical (unpaired) electrons. The largest absolute Gasteiger partial charge is 0.312 e. The molecule has 3 N–H and O–H groups in total. The molecular weight excluding hydrogens is 174 g/mol. The van der Waals surface area contributed by atoms with Crippen molar-refractivity contribution in [1.29, 1.82) is 0 Å². The van der Waals surface area contributed by atoms with Crippen molar-refractivity contribution in [3.05, 3.63) is 0 Å². The minimum atomic E-state index is -0.0913. The highest BCUT2D eigenvalue weighted by Gasteiger charge is 2.32. The molecule has 3 nitrogen and oxygen atoms in total. The molecule has 0 bridgehead atoms. The summed E-state index contributed by atoms with van der Waals surface area (Å²) in [7, 11) is 0. The van der Waals surface area contributed by atoms with Gasteiger partial charge in [-0.3, -0.25) is 4.90 Å². The highest BCUT2D eigenvalue weighted by Crippen LogP contribution is 2.16. The van der Waals surface area contributed by atoms with Gasteiger partial charge in [-0.15, -0.1) is 0 Å². The van der Waals surface area contributed by atoms with E-state index >= 15 is 0 Å². The Labute approximate surface area is 88.0 Å². The number of piperazine rings is 1. The van der Waals surface area contributed by atoms with Crippen molar-refractivity contribution < 1.29 is 0 Å². The van der Waals surface area contributed by atoms with E-state index < -0.39 is 0 Å². The third-order valence-electron chi connectivity index (χ3n) is 3.26. The van der Waals surface area contributed by atoms with Crippen LogP contribution >= 0.6 is 0 Å². The number of nitrogens with two attached hydrogens (primary N) is 1. The normalized spacial score (nSPS) is 29.4. The Morgan fingerprint density at radius 3 is 2.79 bits per heavy atom. The topological polar surface area (TPSA) is 41.3 Å². The summed E-state index contributed by atoms with van der Waals surface area (Å²) >= 11 is 0. The zero-order chi connectivity index (χ0) is 10.4. The summed E-state index contributed by atoms with van der Waals surface area (Å²) in [6.07, 6.45) is 4.93. The van der Waals surface area contributed by atoms with E-state index in [4.69, 9.17) is 5.73 Å². The highest BCUT2D eigenvalue weighted by atomic mass is 15.3. The van der Waals surface area contributed by atoms with Crippen LogP contribution in [0.1, 0.15) is 39.5 Å². The number of unbranched alkanes of at least 4 members (excludes halogenated alkanes) is 2. The van der Waals surface area contributed by atoms with Crippen molar-refractivity contribution >= 4 is 0 Å². The number of hydrogen-bond donors (Lipinski definition) is 2. The van der Waals surface area contributed by atoms with Crippen LogP contribution < -0.4 is 11.1 Å². The van der Waals surface area contributed by atoms with Gasteiger partial charge >= 0.3 is 0 Å². The van der Waals surface area contributed by atoms with Crippen LogP contribution in [0.2, 0.25) is 0 Å². The Balaban J connectivity index is 2.38. The molecule has 0 aromatic heterocycles. The van der Waals surface area contributed by atoms with Gasteiger partial charge < -0.3 is 11.1 Å².